The quantitative estimate of drug-likeness (QED) is 0.786. The van der Waals surface area contributed by atoms with Crippen molar-refractivity contribution in [1.82, 2.24) is 4.90 Å². The third-order valence-electron chi connectivity index (χ3n) is 4.88. The summed E-state index contributed by atoms with van der Waals surface area (Å²) in [6.45, 7) is 10.2. The molecular weight excluding hydrogens is 220 g/mol. The molecule has 0 heterocycles. The molecule has 2 atom stereocenters. The molecule has 0 aromatic carbocycles. The van der Waals surface area contributed by atoms with Gasteiger partial charge < -0.3 is 5.73 Å². The standard InChI is InChI=1S/C16H34N2/c1-12(2)10-14(4)18(5)16(11-17)15-8-6-13(3)7-9-15/h12-16H,6-11,17H2,1-5H3. The summed E-state index contributed by atoms with van der Waals surface area (Å²) < 4.78 is 0. The first-order valence-electron chi connectivity index (χ1n) is 7.87. The van der Waals surface area contributed by atoms with Gasteiger partial charge in [-0.05, 0) is 51.0 Å². The smallest absolute Gasteiger partial charge is 0.0246 e. The Bertz CT molecular complexity index is 219. The van der Waals surface area contributed by atoms with Crippen LogP contribution in [0, 0.1) is 17.8 Å². The normalized spacial score (nSPS) is 28.7. The summed E-state index contributed by atoms with van der Waals surface area (Å²) in [6.07, 6.45) is 6.82. The van der Waals surface area contributed by atoms with Crippen LogP contribution >= 0.6 is 0 Å². The van der Waals surface area contributed by atoms with E-state index in [1.165, 1.54) is 32.1 Å². The van der Waals surface area contributed by atoms with E-state index < -0.39 is 0 Å². The van der Waals surface area contributed by atoms with Crippen LogP contribution in [-0.4, -0.2) is 30.6 Å². The SMILES string of the molecule is CC(C)CC(C)N(C)C(CN)C1CCC(C)CC1. The Kier molecular flexibility index (Phi) is 6.65. The Morgan fingerprint density at radius 1 is 1.11 bits per heavy atom. The first kappa shape index (κ1) is 16.0. The lowest BCUT2D eigenvalue weighted by Crippen LogP contribution is -2.48. The fourth-order valence-electron chi connectivity index (χ4n) is 3.54. The molecule has 108 valence electrons. The third-order valence-corrected chi connectivity index (χ3v) is 4.88. The molecule has 1 fully saturated rings. The minimum absolute atomic E-state index is 0.589. The topological polar surface area (TPSA) is 29.3 Å². The van der Waals surface area contributed by atoms with E-state index in [0.717, 1.165) is 24.3 Å². The molecule has 0 aromatic heterocycles. The van der Waals surface area contributed by atoms with Crippen LogP contribution in [-0.2, 0) is 0 Å². The second-order valence-electron chi connectivity index (χ2n) is 6.97. The van der Waals surface area contributed by atoms with Gasteiger partial charge in [-0.2, -0.15) is 0 Å². The number of nitrogens with two attached hydrogens (primary N) is 1. The van der Waals surface area contributed by atoms with Crippen LogP contribution in [0.15, 0.2) is 0 Å². The van der Waals surface area contributed by atoms with Crippen molar-refractivity contribution in [2.24, 2.45) is 23.5 Å². The van der Waals surface area contributed by atoms with Crippen LogP contribution in [0.1, 0.15) is 59.8 Å². The van der Waals surface area contributed by atoms with Crippen LogP contribution in [0.4, 0.5) is 0 Å². The van der Waals surface area contributed by atoms with Gasteiger partial charge in [0.1, 0.15) is 0 Å². The van der Waals surface area contributed by atoms with E-state index in [4.69, 9.17) is 5.73 Å². The zero-order chi connectivity index (χ0) is 13.7. The second kappa shape index (κ2) is 7.49. The third kappa shape index (κ3) is 4.55. The van der Waals surface area contributed by atoms with Gasteiger partial charge in [-0.3, -0.25) is 4.90 Å². The van der Waals surface area contributed by atoms with Crippen molar-refractivity contribution < 1.29 is 0 Å². The van der Waals surface area contributed by atoms with Gasteiger partial charge in [-0.25, -0.2) is 0 Å². The van der Waals surface area contributed by atoms with Crippen molar-refractivity contribution in [2.45, 2.75) is 71.9 Å². The van der Waals surface area contributed by atoms with E-state index in [1.807, 2.05) is 0 Å². The van der Waals surface area contributed by atoms with Crippen molar-refractivity contribution >= 4 is 0 Å². The van der Waals surface area contributed by atoms with Gasteiger partial charge in [0.25, 0.3) is 0 Å². The maximum absolute atomic E-state index is 6.07. The second-order valence-corrected chi connectivity index (χ2v) is 6.97. The fourth-order valence-corrected chi connectivity index (χ4v) is 3.54. The predicted octanol–water partition coefficient (Wildman–Crippen LogP) is 3.51. The highest BCUT2D eigenvalue weighted by Gasteiger charge is 2.29. The van der Waals surface area contributed by atoms with Crippen LogP contribution in [0.3, 0.4) is 0 Å². The lowest BCUT2D eigenvalue weighted by Gasteiger charge is -2.40. The van der Waals surface area contributed by atoms with Gasteiger partial charge in [-0.15, -0.1) is 0 Å². The number of hydrogen-bond donors (Lipinski definition) is 1. The van der Waals surface area contributed by atoms with Crippen LogP contribution in [0.2, 0.25) is 0 Å². The zero-order valence-corrected chi connectivity index (χ0v) is 13.2. The summed E-state index contributed by atoms with van der Waals surface area (Å²) in [4.78, 5) is 2.56. The van der Waals surface area contributed by atoms with Crippen molar-refractivity contribution in [1.29, 1.82) is 0 Å². The average molecular weight is 254 g/mol. The number of rotatable bonds is 6. The molecule has 1 aliphatic carbocycles. The number of nitrogens with zero attached hydrogens (tertiary/aromatic N) is 1. The predicted molar refractivity (Wildman–Crippen MR) is 80.6 cm³/mol. The number of likely N-dealkylation sites (N-methyl/N-ethyl adjacent to an activating group) is 1. The summed E-state index contributed by atoms with van der Waals surface area (Å²) in [5.74, 6) is 2.52. The van der Waals surface area contributed by atoms with E-state index in [1.54, 1.807) is 0 Å². The lowest BCUT2D eigenvalue weighted by molar-refractivity contribution is 0.0952. The van der Waals surface area contributed by atoms with Gasteiger partial charge in [-0.1, -0.05) is 33.6 Å². The van der Waals surface area contributed by atoms with Crippen LogP contribution < -0.4 is 5.73 Å². The largest absolute Gasteiger partial charge is 0.329 e. The van der Waals surface area contributed by atoms with Gasteiger partial charge in [0, 0.05) is 18.6 Å². The molecule has 0 bridgehead atoms. The molecule has 0 radical (unpaired) electrons. The monoisotopic (exact) mass is 254 g/mol. The van der Waals surface area contributed by atoms with E-state index >= 15 is 0 Å². The van der Waals surface area contributed by atoms with Crippen molar-refractivity contribution in [3.05, 3.63) is 0 Å². The van der Waals surface area contributed by atoms with Crippen LogP contribution in [0.25, 0.3) is 0 Å². The van der Waals surface area contributed by atoms with Crippen molar-refractivity contribution in [3.8, 4) is 0 Å². The van der Waals surface area contributed by atoms with Gasteiger partial charge in [0.2, 0.25) is 0 Å². The molecule has 2 nitrogen and oxygen atoms in total. The summed E-state index contributed by atoms with van der Waals surface area (Å²) >= 11 is 0. The van der Waals surface area contributed by atoms with Gasteiger partial charge >= 0.3 is 0 Å². The van der Waals surface area contributed by atoms with E-state index in [9.17, 15) is 0 Å². The molecule has 0 saturated heterocycles. The Morgan fingerprint density at radius 3 is 2.11 bits per heavy atom. The lowest BCUT2D eigenvalue weighted by atomic mass is 9.78. The molecule has 0 aliphatic heterocycles. The van der Waals surface area contributed by atoms with Crippen molar-refractivity contribution in [3.63, 3.8) is 0 Å². The summed E-state index contributed by atoms with van der Waals surface area (Å²) in [5, 5.41) is 0. The molecule has 1 aliphatic rings. The Balaban J connectivity index is 2.53. The first-order valence-corrected chi connectivity index (χ1v) is 7.87. The molecule has 18 heavy (non-hydrogen) atoms. The van der Waals surface area contributed by atoms with E-state index in [-0.39, 0.29) is 0 Å². The van der Waals surface area contributed by atoms with E-state index in [0.29, 0.717) is 12.1 Å². The number of hydrogen-bond acceptors (Lipinski definition) is 2. The summed E-state index contributed by atoms with van der Waals surface area (Å²) in [6, 6.07) is 1.24. The molecular formula is C16H34N2. The van der Waals surface area contributed by atoms with Crippen molar-refractivity contribution in [2.75, 3.05) is 13.6 Å². The minimum Gasteiger partial charge on any atom is -0.329 e. The molecule has 0 aromatic rings. The summed E-state index contributed by atoms with van der Waals surface area (Å²) in [7, 11) is 2.28. The highest BCUT2D eigenvalue weighted by atomic mass is 15.2. The molecule has 0 spiro atoms. The Morgan fingerprint density at radius 2 is 1.67 bits per heavy atom. The first-order chi connectivity index (χ1) is 8.45. The Hall–Kier alpha value is -0.0800. The summed E-state index contributed by atoms with van der Waals surface area (Å²) in [5.41, 5.74) is 6.07. The Labute approximate surface area is 114 Å². The maximum atomic E-state index is 6.07. The molecule has 1 saturated carbocycles. The van der Waals surface area contributed by atoms with E-state index in [2.05, 4.69) is 39.6 Å². The van der Waals surface area contributed by atoms with Crippen LogP contribution in [0.5, 0.6) is 0 Å². The highest BCUT2D eigenvalue weighted by molar-refractivity contribution is 4.85. The average Bonchev–Trinajstić information content (AvgIpc) is 2.31. The minimum atomic E-state index is 0.589. The molecule has 0 amide bonds. The highest BCUT2D eigenvalue weighted by Crippen LogP contribution is 2.32. The molecule has 2 unspecified atom stereocenters. The fraction of sp³-hybridized carbons (Fsp3) is 1.00. The zero-order valence-electron chi connectivity index (χ0n) is 13.2. The molecule has 2 N–H and O–H groups in total. The maximum Gasteiger partial charge on any atom is 0.0246 e. The molecule has 1 rings (SSSR count). The van der Waals surface area contributed by atoms with Gasteiger partial charge in [0.05, 0.1) is 0 Å². The van der Waals surface area contributed by atoms with Gasteiger partial charge in [0.15, 0.2) is 0 Å². The molecule has 2 heteroatoms.